The van der Waals surface area contributed by atoms with Crippen LogP contribution in [0.5, 0.6) is 0 Å². The molecule has 0 radical (unpaired) electrons. The molecular weight excluding hydrogens is 531 g/mol. The first-order valence-electron chi connectivity index (χ1n) is 15.1. The van der Waals surface area contributed by atoms with Gasteiger partial charge in [0.05, 0.1) is 17.1 Å². The van der Waals surface area contributed by atoms with Gasteiger partial charge in [0.1, 0.15) is 0 Å². The molecule has 3 aliphatic heterocycles. The zero-order valence-electron chi connectivity index (χ0n) is 23.9. The first kappa shape index (κ1) is 29.1. The molecular formula is C30H44ClFN6O2. The fourth-order valence-corrected chi connectivity index (χ4v) is 6.63. The van der Waals surface area contributed by atoms with Crippen molar-refractivity contribution in [1.29, 1.82) is 0 Å². The highest BCUT2D eigenvalue weighted by Crippen LogP contribution is 2.41. The molecule has 0 amide bonds. The van der Waals surface area contributed by atoms with Crippen molar-refractivity contribution in [3.05, 3.63) is 35.2 Å². The van der Waals surface area contributed by atoms with Crippen LogP contribution in [0.3, 0.4) is 0 Å². The molecule has 2 N–H and O–H groups in total. The molecule has 4 heterocycles. The Balaban J connectivity index is 1.25. The van der Waals surface area contributed by atoms with E-state index in [1.54, 1.807) is 6.07 Å². The second-order valence-electron chi connectivity index (χ2n) is 11.4. The molecule has 10 heteroatoms. The van der Waals surface area contributed by atoms with E-state index in [9.17, 15) is 0 Å². The van der Waals surface area contributed by atoms with Crippen molar-refractivity contribution < 1.29 is 13.9 Å². The number of fused-ring (bicyclic) bond motifs is 2. The van der Waals surface area contributed by atoms with E-state index in [1.807, 2.05) is 18.2 Å². The number of hydrogen-bond donors (Lipinski definition) is 1. The van der Waals surface area contributed by atoms with Crippen LogP contribution < -0.4 is 20.4 Å². The molecule has 220 valence electrons. The summed E-state index contributed by atoms with van der Waals surface area (Å²) in [6.45, 7) is 8.90. The first-order chi connectivity index (χ1) is 19.5. The summed E-state index contributed by atoms with van der Waals surface area (Å²) >= 11 is 6.11. The molecule has 0 aliphatic carbocycles. The fourth-order valence-electron chi connectivity index (χ4n) is 6.49. The SMILES string of the molecule is CCCCOC(OCCCC)C1CCN(c2cccc(N3C4CCC3CN(c3cc(Cl)nnc3N)C4)c2F)CC1. The van der Waals surface area contributed by atoms with Gasteiger partial charge in [-0.25, -0.2) is 4.39 Å². The van der Waals surface area contributed by atoms with Crippen LogP contribution in [0, 0.1) is 11.7 Å². The number of unbranched alkanes of at least 4 members (excludes halogenated alkanes) is 2. The van der Waals surface area contributed by atoms with E-state index in [1.165, 1.54) is 0 Å². The molecule has 2 atom stereocenters. The topological polar surface area (TPSA) is 80.0 Å². The number of hydrogen-bond acceptors (Lipinski definition) is 8. The van der Waals surface area contributed by atoms with Gasteiger partial charge in [0.25, 0.3) is 0 Å². The number of aromatic nitrogens is 2. The Morgan fingerprint density at radius 2 is 1.55 bits per heavy atom. The predicted octanol–water partition coefficient (Wildman–Crippen LogP) is 5.88. The lowest BCUT2D eigenvalue weighted by molar-refractivity contribution is -0.177. The molecule has 3 fully saturated rings. The van der Waals surface area contributed by atoms with Crippen LogP contribution in [-0.4, -0.2) is 68.0 Å². The Bertz CT molecular complexity index is 1090. The van der Waals surface area contributed by atoms with E-state index in [4.69, 9.17) is 26.8 Å². The van der Waals surface area contributed by atoms with Crippen LogP contribution in [0.2, 0.25) is 5.15 Å². The van der Waals surface area contributed by atoms with Crippen LogP contribution in [-0.2, 0) is 9.47 Å². The molecule has 5 rings (SSSR count). The largest absolute Gasteiger partial charge is 0.380 e. The summed E-state index contributed by atoms with van der Waals surface area (Å²) in [5.41, 5.74) is 8.33. The first-order valence-corrected chi connectivity index (χ1v) is 15.5. The lowest BCUT2D eigenvalue weighted by Crippen LogP contribution is -2.54. The maximum absolute atomic E-state index is 16.2. The quantitative estimate of drug-likeness (QED) is 0.248. The number of nitrogens with two attached hydrogens (primary N) is 1. The van der Waals surface area contributed by atoms with Gasteiger partial charge in [-0.05, 0) is 50.7 Å². The molecule has 8 nitrogen and oxygen atoms in total. The second-order valence-corrected chi connectivity index (χ2v) is 11.8. The van der Waals surface area contributed by atoms with E-state index >= 15 is 4.39 Å². The lowest BCUT2D eigenvalue weighted by Gasteiger charge is -2.44. The highest BCUT2D eigenvalue weighted by molar-refractivity contribution is 6.29. The Kier molecular flexibility index (Phi) is 9.86. The zero-order chi connectivity index (χ0) is 28.1. The zero-order valence-corrected chi connectivity index (χ0v) is 24.7. The monoisotopic (exact) mass is 574 g/mol. The normalized spacial score (nSPS) is 21.6. The van der Waals surface area contributed by atoms with Crippen LogP contribution in [0.25, 0.3) is 0 Å². The second kappa shape index (κ2) is 13.5. The summed E-state index contributed by atoms with van der Waals surface area (Å²) < 4.78 is 28.6. The Morgan fingerprint density at radius 1 is 0.925 bits per heavy atom. The Labute approximate surface area is 242 Å². The van der Waals surface area contributed by atoms with Crippen molar-refractivity contribution in [2.45, 2.75) is 83.6 Å². The standard InChI is InChI=1S/C30H44ClFN6O2/c1-3-5-16-39-30(40-17-6-4-2)21-12-14-36(15-13-21)24-8-7-9-25(28(24)32)38-22-10-11-23(38)20-37(19-22)26-18-27(31)34-35-29(26)33/h7-9,18,21-23,30H,3-6,10-17,19-20H2,1-2H3,(H2,33,35). The molecule has 40 heavy (non-hydrogen) atoms. The molecule has 2 aromatic rings. The van der Waals surface area contributed by atoms with Crippen LogP contribution >= 0.6 is 11.6 Å². The molecule has 2 unspecified atom stereocenters. The maximum atomic E-state index is 16.2. The Morgan fingerprint density at radius 3 is 2.17 bits per heavy atom. The third-order valence-corrected chi connectivity index (χ3v) is 8.84. The minimum absolute atomic E-state index is 0.116. The molecule has 2 bridgehead atoms. The molecule has 3 aliphatic rings. The highest BCUT2D eigenvalue weighted by atomic mass is 35.5. The number of piperidine rings is 1. The maximum Gasteiger partial charge on any atom is 0.169 e. The summed E-state index contributed by atoms with van der Waals surface area (Å²) in [6, 6.07) is 8.03. The number of nitrogen functional groups attached to an aromatic ring is 1. The van der Waals surface area contributed by atoms with Gasteiger partial charge < -0.3 is 29.9 Å². The van der Waals surface area contributed by atoms with Crippen LogP contribution in [0.1, 0.15) is 65.2 Å². The summed E-state index contributed by atoms with van der Waals surface area (Å²) in [5, 5.41) is 8.17. The van der Waals surface area contributed by atoms with Gasteiger partial charge in [-0.3, -0.25) is 0 Å². The van der Waals surface area contributed by atoms with Gasteiger partial charge in [-0.2, -0.15) is 0 Å². The number of benzene rings is 1. The van der Waals surface area contributed by atoms with Gasteiger partial charge in [-0.15, -0.1) is 10.2 Å². The van der Waals surface area contributed by atoms with Gasteiger partial charge in [0.2, 0.25) is 0 Å². The Hall–Kier alpha value is -2.36. The van der Waals surface area contributed by atoms with E-state index in [-0.39, 0.29) is 24.2 Å². The number of piperazine rings is 1. The van der Waals surface area contributed by atoms with Crippen molar-refractivity contribution >= 4 is 34.5 Å². The van der Waals surface area contributed by atoms with Gasteiger partial charge in [0.15, 0.2) is 23.1 Å². The number of ether oxygens (including phenoxy) is 2. The number of anilines is 4. The average molecular weight is 575 g/mol. The van der Waals surface area contributed by atoms with Crippen LogP contribution in [0.15, 0.2) is 24.3 Å². The fraction of sp³-hybridized carbons (Fsp3) is 0.667. The predicted molar refractivity (Wildman–Crippen MR) is 160 cm³/mol. The molecule has 3 saturated heterocycles. The number of halogens is 2. The minimum atomic E-state index is -0.164. The van der Waals surface area contributed by atoms with Crippen LogP contribution in [0.4, 0.5) is 27.3 Å². The third kappa shape index (κ3) is 6.42. The van der Waals surface area contributed by atoms with Gasteiger partial charge in [0, 0.05) is 63.5 Å². The summed E-state index contributed by atoms with van der Waals surface area (Å²) in [5.74, 6) is 0.598. The smallest absolute Gasteiger partial charge is 0.169 e. The highest BCUT2D eigenvalue weighted by Gasteiger charge is 2.42. The summed E-state index contributed by atoms with van der Waals surface area (Å²) in [7, 11) is 0. The molecule has 0 spiro atoms. The van der Waals surface area contributed by atoms with E-state index in [0.717, 1.165) is 96.4 Å². The molecule has 0 saturated carbocycles. The van der Waals surface area contributed by atoms with E-state index in [0.29, 0.717) is 28.3 Å². The van der Waals surface area contributed by atoms with Crippen molar-refractivity contribution in [3.8, 4) is 0 Å². The molecule has 1 aromatic carbocycles. The van der Waals surface area contributed by atoms with Crippen molar-refractivity contribution in [2.75, 3.05) is 59.8 Å². The lowest BCUT2D eigenvalue weighted by atomic mass is 9.95. The average Bonchev–Trinajstić information content (AvgIpc) is 3.22. The third-order valence-electron chi connectivity index (χ3n) is 8.66. The number of rotatable bonds is 12. The van der Waals surface area contributed by atoms with Crippen molar-refractivity contribution in [2.24, 2.45) is 5.92 Å². The van der Waals surface area contributed by atoms with E-state index in [2.05, 4.69) is 38.7 Å². The number of nitrogens with zero attached hydrogens (tertiary/aromatic N) is 5. The summed E-state index contributed by atoms with van der Waals surface area (Å²) in [4.78, 5) is 6.73. The van der Waals surface area contributed by atoms with Crippen molar-refractivity contribution in [3.63, 3.8) is 0 Å². The molecule has 1 aromatic heterocycles. The van der Waals surface area contributed by atoms with Crippen molar-refractivity contribution in [1.82, 2.24) is 10.2 Å². The summed E-state index contributed by atoms with van der Waals surface area (Å²) in [6.07, 6.45) is 8.03. The van der Waals surface area contributed by atoms with Gasteiger partial charge in [-0.1, -0.05) is 44.4 Å². The minimum Gasteiger partial charge on any atom is -0.380 e. The van der Waals surface area contributed by atoms with E-state index < -0.39 is 0 Å². The van der Waals surface area contributed by atoms with Gasteiger partial charge >= 0.3 is 0 Å².